The molecule has 1 aliphatic heterocycles. The summed E-state index contributed by atoms with van der Waals surface area (Å²) in [6, 6.07) is 0. The second-order valence-corrected chi connectivity index (χ2v) is 5.23. The molecule has 6 nitrogen and oxygen atoms in total. The van der Waals surface area contributed by atoms with Crippen LogP contribution in [0.15, 0.2) is 9.59 Å². The van der Waals surface area contributed by atoms with E-state index in [1.54, 1.807) is 7.05 Å². The molecule has 19 heavy (non-hydrogen) atoms. The zero-order valence-electron chi connectivity index (χ0n) is 11.5. The first-order chi connectivity index (χ1) is 8.97. The second kappa shape index (κ2) is 5.03. The molecule has 0 bridgehead atoms. The molecule has 0 atom stereocenters. The number of piperidine rings is 1. The van der Waals surface area contributed by atoms with Gasteiger partial charge in [0.1, 0.15) is 11.4 Å². The van der Waals surface area contributed by atoms with Gasteiger partial charge in [-0.3, -0.25) is 18.7 Å². The highest BCUT2D eigenvalue weighted by Gasteiger charge is 2.23. The van der Waals surface area contributed by atoms with Crippen molar-refractivity contribution >= 4 is 12.1 Å². The van der Waals surface area contributed by atoms with Gasteiger partial charge in [-0.25, -0.2) is 4.79 Å². The number of aldehydes is 1. The Morgan fingerprint density at radius 3 is 2.21 bits per heavy atom. The van der Waals surface area contributed by atoms with E-state index in [1.165, 1.54) is 11.6 Å². The highest BCUT2D eigenvalue weighted by atomic mass is 16.2. The van der Waals surface area contributed by atoms with Crippen LogP contribution < -0.4 is 16.1 Å². The number of carbonyl (C=O) groups is 1. The zero-order chi connectivity index (χ0) is 14.2. The van der Waals surface area contributed by atoms with Gasteiger partial charge in [-0.1, -0.05) is 6.92 Å². The number of aromatic nitrogens is 2. The lowest BCUT2D eigenvalue weighted by Crippen LogP contribution is -2.45. The van der Waals surface area contributed by atoms with Crippen molar-refractivity contribution in [2.45, 2.75) is 19.8 Å². The van der Waals surface area contributed by atoms with Gasteiger partial charge in [0.2, 0.25) is 0 Å². The van der Waals surface area contributed by atoms with Crippen molar-refractivity contribution in [3.05, 3.63) is 26.4 Å². The summed E-state index contributed by atoms with van der Waals surface area (Å²) in [7, 11) is 2.99. The van der Waals surface area contributed by atoms with E-state index in [0.717, 1.165) is 30.5 Å². The number of rotatable bonds is 2. The summed E-state index contributed by atoms with van der Waals surface area (Å²) in [6.07, 6.45) is 2.55. The maximum atomic E-state index is 12.0. The Bertz CT molecular complexity index is 607. The van der Waals surface area contributed by atoms with Crippen LogP contribution in [-0.2, 0) is 14.1 Å². The minimum atomic E-state index is -0.522. The molecule has 1 aromatic heterocycles. The molecule has 1 aromatic rings. The number of hydrogen-bond donors (Lipinski definition) is 0. The van der Waals surface area contributed by atoms with Crippen LogP contribution in [0.2, 0.25) is 0 Å². The maximum Gasteiger partial charge on any atom is 0.332 e. The van der Waals surface area contributed by atoms with E-state index in [2.05, 4.69) is 6.92 Å². The fourth-order valence-electron chi connectivity index (χ4n) is 2.57. The second-order valence-electron chi connectivity index (χ2n) is 5.23. The molecule has 104 valence electrons. The molecule has 1 fully saturated rings. The van der Waals surface area contributed by atoms with Gasteiger partial charge in [-0.15, -0.1) is 0 Å². The van der Waals surface area contributed by atoms with Gasteiger partial charge in [0.05, 0.1) is 0 Å². The van der Waals surface area contributed by atoms with Crippen LogP contribution in [0.1, 0.15) is 30.1 Å². The number of anilines is 1. The number of nitrogens with zero attached hydrogens (tertiary/aromatic N) is 3. The first kappa shape index (κ1) is 13.6. The summed E-state index contributed by atoms with van der Waals surface area (Å²) < 4.78 is 2.36. The summed E-state index contributed by atoms with van der Waals surface area (Å²) in [4.78, 5) is 37.1. The standard InChI is InChI=1S/C13H19N3O3/c1-9-4-6-16(7-5-9)11-10(8-17)12(18)15(3)13(19)14(11)2/h8-9H,4-7H2,1-3H3. The average molecular weight is 265 g/mol. The normalized spacial score (nSPS) is 16.7. The molecule has 1 aliphatic rings. The van der Waals surface area contributed by atoms with E-state index in [4.69, 9.17) is 0 Å². The molecular weight excluding hydrogens is 246 g/mol. The molecule has 1 saturated heterocycles. The van der Waals surface area contributed by atoms with Crippen LogP contribution in [0.4, 0.5) is 5.82 Å². The third-order valence-corrected chi connectivity index (χ3v) is 3.87. The third-order valence-electron chi connectivity index (χ3n) is 3.87. The molecule has 2 heterocycles. The lowest BCUT2D eigenvalue weighted by atomic mass is 9.99. The van der Waals surface area contributed by atoms with Gasteiger partial charge in [-0.05, 0) is 18.8 Å². The third kappa shape index (κ3) is 2.22. The molecule has 0 amide bonds. The molecule has 0 N–H and O–H groups in total. The number of hydrogen-bond acceptors (Lipinski definition) is 4. The molecule has 0 aliphatic carbocycles. The van der Waals surface area contributed by atoms with Crippen LogP contribution in [0, 0.1) is 5.92 Å². The van der Waals surface area contributed by atoms with Gasteiger partial charge in [0, 0.05) is 27.2 Å². The first-order valence-corrected chi connectivity index (χ1v) is 6.47. The highest BCUT2D eigenvalue weighted by Crippen LogP contribution is 2.22. The van der Waals surface area contributed by atoms with Crippen molar-refractivity contribution in [1.29, 1.82) is 0 Å². The Morgan fingerprint density at radius 2 is 1.68 bits per heavy atom. The van der Waals surface area contributed by atoms with Gasteiger partial charge in [0.15, 0.2) is 6.29 Å². The summed E-state index contributed by atoms with van der Waals surface area (Å²) in [5, 5.41) is 0. The van der Waals surface area contributed by atoms with E-state index >= 15 is 0 Å². The topological polar surface area (TPSA) is 64.3 Å². The van der Waals surface area contributed by atoms with E-state index in [-0.39, 0.29) is 5.56 Å². The summed E-state index contributed by atoms with van der Waals surface area (Å²) >= 11 is 0. The molecular formula is C13H19N3O3. The van der Waals surface area contributed by atoms with Crippen LogP contribution in [-0.4, -0.2) is 28.5 Å². The summed E-state index contributed by atoms with van der Waals surface area (Å²) in [5.74, 6) is 1.09. The molecule has 0 aromatic carbocycles. The van der Waals surface area contributed by atoms with Crippen LogP contribution in [0.5, 0.6) is 0 Å². The Morgan fingerprint density at radius 1 is 1.11 bits per heavy atom. The Balaban J connectivity index is 2.59. The van der Waals surface area contributed by atoms with Crippen molar-refractivity contribution < 1.29 is 4.79 Å². The minimum absolute atomic E-state index is 0.0687. The van der Waals surface area contributed by atoms with Crippen LogP contribution in [0.25, 0.3) is 0 Å². The Hall–Kier alpha value is -1.85. The fourth-order valence-corrected chi connectivity index (χ4v) is 2.57. The van der Waals surface area contributed by atoms with Gasteiger partial charge in [-0.2, -0.15) is 0 Å². The van der Waals surface area contributed by atoms with Crippen molar-refractivity contribution in [2.75, 3.05) is 18.0 Å². The zero-order valence-corrected chi connectivity index (χ0v) is 11.5. The SMILES string of the molecule is CC1CCN(c2c(C=O)c(=O)n(C)c(=O)n2C)CC1. The molecule has 0 saturated carbocycles. The van der Waals surface area contributed by atoms with Crippen molar-refractivity contribution in [3.63, 3.8) is 0 Å². The number of carbonyl (C=O) groups excluding carboxylic acids is 1. The van der Waals surface area contributed by atoms with Gasteiger partial charge < -0.3 is 4.90 Å². The lowest BCUT2D eigenvalue weighted by Gasteiger charge is -2.33. The molecule has 0 radical (unpaired) electrons. The van der Waals surface area contributed by atoms with E-state index in [0.29, 0.717) is 18.0 Å². The largest absolute Gasteiger partial charge is 0.357 e. The molecule has 6 heteroatoms. The van der Waals surface area contributed by atoms with Crippen LogP contribution >= 0.6 is 0 Å². The van der Waals surface area contributed by atoms with Crippen LogP contribution in [0.3, 0.4) is 0 Å². The predicted molar refractivity (Wildman–Crippen MR) is 72.9 cm³/mol. The van der Waals surface area contributed by atoms with E-state index in [1.807, 2.05) is 4.90 Å². The average Bonchev–Trinajstić information content (AvgIpc) is 2.41. The minimum Gasteiger partial charge on any atom is -0.357 e. The molecule has 0 spiro atoms. The summed E-state index contributed by atoms with van der Waals surface area (Å²) in [5.41, 5.74) is -0.852. The van der Waals surface area contributed by atoms with E-state index < -0.39 is 11.2 Å². The van der Waals surface area contributed by atoms with Crippen molar-refractivity contribution in [1.82, 2.24) is 9.13 Å². The molecule has 2 rings (SSSR count). The fraction of sp³-hybridized carbons (Fsp3) is 0.615. The maximum absolute atomic E-state index is 12.0. The Kier molecular flexibility index (Phi) is 3.59. The van der Waals surface area contributed by atoms with E-state index in [9.17, 15) is 14.4 Å². The quantitative estimate of drug-likeness (QED) is 0.713. The Labute approximate surface area is 111 Å². The van der Waals surface area contributed by atoms with Crippen molar-refractivity contribution in [2.24, 2.45) is 20.0 Å². The lowest BCUT2D eigenvalue weighted by molar-refractivity contribution is 0.112. The smallest absolute Gasteiger partial charge is 0.332 e. The predicted octanol–water partition coefficient (Wildman–Crippen LogP) is 0.133. The monoisotopic (exact) mass is 265 g/mol. The summed E-state index contributed by atoms with van der Waals surface area (Å²) in [6.45, 7) is 3.71. The highest BCUT2D eigenvalue weighted by molar-refractivity contribution is 5.82. The first-order valence-electron chi connectivity index (χ1n) is 6.47. The van der Waals surface area contributed by atoms with Gasteiger partial charge >= 0.3 is 5.69 Å². The van der Waals surface area contributed by atoms with Gasteiger partial charge in [0.25, 0.3) is 5.56 Å². The molecule has 0 unspecified atom stereocenters. The van der Waals surface area contributed by atoms with Crippen molar-refractivity contribution in [3.8, 4) is 0 Å².